The molecule has 1 saturated heterocycles. The minimum atomic E-state index is 0.00809. The number of anilines is 1. The van der Waals surface area contributed by atoms with Crippen LogP contribution in [0.2, 0.25) is 0 Å². The number of carbonyl (C=O) groups excluding carboxylic acids is 1. The normalized spacial score (nSPS) is 15.3. The van der Waals surface area contributed by atoms with Crippen molar-refractivity contribution in [3.05, 3.63) is 66.4 Å². The van der Waals surface area contributed by atoms with Gasteiger partial charge in [0.25, 0.3) is 0 Å². The average molecular weight is 390 g/mol. The summed E-state index contributed by atoms with van der Waals surface area (Å²) in [4.78, 5) is 21.4. The summed E-state index contributed by atoms with van der Waals surface area (Å²) in [6.45, 7) is 5.03. The monoisotopic (exact) mass is 390 g/mol. The zero-order valence-corrected chi connectivity index (χ0v) is 16.7. The van der Waals surface area contributed by atoms with E-state index < -0.39 is 0 Å². The van der Waals surface area contributed by atoms with E-state index in [0.717, 1.165) is 49.7 Å². The average Bonchev–Trinajstić information content (AvgIpc) is 2.75. The number of fused-ring (bicyclic) bond motifs is 1. The molecule has 1 amide bonds. The highest BCUT2D eigenvalue weighted by Crippen LogP contribution is 2.17. The molecule has 0 radical (unpaired) electrons. The number of amides is 1. The molecular formula is C23H26N4O2. The van der Waals surface area contributed by atoms with E-state index in [1.807, 2.05) is 36.5 Å². The van der Waals surface area contributed by atoms with Gasteiger partial charge in [0.1, 0.15) is 5.75 Å². The van der Waals surface area contributed by atoms with Crippen LogP contribution in [0.25, 0.3) is 10.9 Å². The van der Waals surface area contributed by atoms with Gasteiger partial charge in [-0.05, 0) is 35.9 Å². The van der Waals surface area contributed by atoms with Crippen LogP contribution < -0.4 is 10.1 Å². The molecule has 1 fully saturated rings. The fourth-order valence-electron chi connectivity index (χ4n) is 3.69. The maximum absolute atomic E-state index is 12.4. The van der Waals surface area contributed by atoms with Crippen LogP contribution in [0.5, 0.6) is 5.75 Å². The van der Waals surface area contributed by atoms with Gasteiger partial charge in [-0.15, -0.1) is 0 Å². The third-order valence-electron chi connectivity index (χ3n) is 5.26. The first-order valence-corrected chi connectivity index (χ1v) is 9.92. The van der Waals surface area contributed by atoms with Gasteiger partial charge < -0.3 is 10.1 Å². The van der Waals surface area contributed by atoms with Crippen molar-refractivity contribution in [3.63, 3.8) is 0 Å². The first kappa shape index (κ1) is 19.4. The fourth-order valence-corrected chi connectivity index (χ4v) is 3.69. The summed E-state index contributed by atoms with van der Waals surface area (Å²) >= 11 is 0. The SMILES string of the molecule is COc1cccc(NC(=O)CN2CCN(Cc3ccc4ncccc4c3)CC2)c1. The summed E-state index contributed by atoms with van der Waals surface area (Å²) < 4.78 is 5.20. The molecule has 2 aromatic carbocycles. The summed E-state index contributed by atoms with van der Waals surface area (Å²) in [5.74, 6) is 0.745. The molecule has 1 aromatic heterocycles. The Hall–Kier alpha value is -2.96. The Kier molecular flexibility index (Phi) is 6.03. The molecule has 1 N–H and O–H groups in total. The van der Waals surface area contributed by atoms with Gasteiger partial charge in [-0.2, -0.15) is 0 Å². The van der Waals surface area contributed by atoms with Crippen molar-refractivity contribution in [2.45, 2.75) is 6.54 Å². The number of nitrogens with one attached hydrogen (secondary N) is 1. The second kappa shape index (κ2) is 9.03. The van der Waals surface area contributed by atoms with E-state index in [-0.39, 0.29) is 5.91 Å². The fraction of sp³-hybridized carbons (Fsp3) is 0.304. The molecule has 150 valence electrons. The van der Waals surface area contributed by atoms with E-state index in [1.54, 1.807) is 7.11 Å². The zero-order valence-electron chi connectivity index (χ0n) is 16.7. The van der Waals surface area contributed by atoms with E-state index in [0.29, 0.717) is 6.54 Å². The third-order valence-corrected chi connectivity index (χ3v) is 5.26. The van der Waals surface area contributed by atoms with Gasteiger partial charge in [-0.1, -0.05) is 18.2 Å². The Morgan fingerprint density at radius 3 is 2.69 bits per heavy atom. The predicted octanol–water partition coefficient (Wildman–Crippen LogP) is 3.00. The summed E-state index contributed by atoms with van der Waals surface area (Å²) in [5, 5.41) is 4.13. The van der Waals surface area contributed by atoms with Gasteiger partial charge in [0.15, 0.2) is 0 Å². The lowest BCUT2D eigenvalue weighted by Crippen LogP contribution is -2.48. The first-order valence-electron chi connectivity index (χ1n) is 9.92. The minimum Gasteiger partial charge on any atom is -0.497 e. The largest absolute Gasteiger partial charge is 0.497 e. The lowest BCUT2D eigenvalue weighted by atomic mass is 10.1. The quantitative estimate of drug-likeness (QED) is 0.701. The third kappa shape index (κ3) is 5.10. The zero-order chi connectivity index (χ0) is 20.1. The molecule has 29 heavy (non-hydrogen) atoms. The molecule has 6 heteroatoms. The Labute approximate surface area is 171 Å². The standard InChI is InChI=1S/C23H26N4O2/c1-29-21-6-2-5-20(15-21)25-23(28)17-27-12-10-26(11-13-27)16-18-7-8-22-19(14-18)4-3-9-24-22/h2-9,14-15H,10-13,16-17H2,1H3,(H,25,28). The number of hydrogen-bond acceptors (Lipinski definition) is 5. The molecule has 0 unspecified atom stereocenters. The molecule has 0 atom stereocenters. The van der Waals surface area contributed by atoms with Crippen LogP contribution >= 0.6 is 0 Å². The first-order chi connectivity index (χ1) is 14.2. The number of piperazine rings is 1. The molecule has 2 heterocycles. The highest BCUT2D eigenvalue weighted by molar-refractivity contribution is 5.92. The van der Waals surface area contributed by atoms with Gasteiger partial charge in [0.2, 0.25) is 5.91 Å². The van der Waals surface area contributed by atoms with Crippen LogP contribution in [0.4, 0.5) is 5.69 Å². The summed E-state index contributed by atoms with van der Waals surface area (Å²) in [7, 11) is 1.62. The van der Waals surface area contributed by atoms with Gasteiger partial charge >= 0.3 is 0 Å². The number of pyridine rings is 1. The Morgan fingerprint density at radius 1 is 1.03 bits per heavy atom. The van der Waals surface area contributed by atoms with Crippen molar-refractivity contribution in [2.24, 2.45) is 0 Å². The molecule has 0 saturated carbocycles. The van der Waals surface area contributed by atoms with Crippen molar-refractivity contribution in [2.75, 3.05) is 45.2 Å². The maximum Gasteiger partial charge on any atom is 0.238 e. The highest BCUT2D eigenvalue weighted by atomic mass is 16.5. The Bertz CT molecular complexity index is 983. The number of ether oxygens (including phenoxy) is 1. The smallest absolute Gasteiger partial charge is 0.238 e. The predicted molar refractivity (Wildman–Crippen MR) is 115 cm³/mol. The van der Waals surface area contributed by atoms with Crippen molar-refractivity contribution in [1.82, 2.24) is 14.8 Å². The van der Waals surface area contributed by atoms with Crippen LogP contribution in [-0.2, 0) is 11.3 Å². The number of carbonyl (C=O) groups is 1. The summed E-state index contributed by atoms with van der Waals surface area (Å²) in [6, 6.07) is 18.0. The maximum atomic E-state index is 12.4. The van der Waals surface area contributed by atoms with E-state index >= 15 is 0 Å². The molecule has 0 bridgehead atoms. The van der Waals surface area contributed by atoms with Gasteiger partial charge in [-0.25, -0.2) is 0 Å². The number of aromatic nitrogens is 1. The molecule has 3 aromatic rings. The number of hydrogen-bond donors (Lipinski definition) is 1. The molecule has 1 aliphatic rings. The Balaban J connectivity index is 1.25. The van der Waals surface area contributed by atoms with Crippen LogP contribution in [0.1, 0.15) is 5.56 Å². The van der Waals surface area contributed by atoms with Gasteiger partial charge in [0, 0.05) is 56.1 Å². The van der Waals surface area contributed by atoms with E-state index in [1.165, 1.54) is 10.9 Å². The van der Waals surface area contributed by atoms with Crippen LogP contribution in [0, 0.1) is 0 Å². The molecule has 0 aliphatic carbocycles. The summed E-state index contributed by atoms with van der Waals surface area (Å²) in [6.07, 6.45) is 1.83. The number of methoxy groups -OCH3 is 1. The summed E-state index contributed by atoms with van der Waals surface area (Å²) in [5.41, 5.74) is 3.09. The lowest BCUT2D eigenvalue weighted by Gasteiger charge is -2.34. The highest BCUT2D eigenvalue weighted by Gasteiger charge is 2.19. The van der Waals surface area contributed by atoms with Crippen molar-refractivity contribution in [3.8, 4) is 5.75 Å². The number of nitrogens with zero attached hydrogens (tertiary/aromatic N) is 3. The van der Waals surface area contributed by atoms with E-state index in [2.05, 4.69) is 44.4 Å². The van der Waals surface area contributed by atoms with Crippen molar-refractivity contribution in [1.29, 1.82) is 0 Å². The molecule has 6 nitrogen and oxygen atoms in total. The van der Waals surface area contributed by atoms with E-state index in [4.69, 9.17) is 4.74 Å². The van der Waals surface area contributed by atoms with E-state index in [9.17, 15) is 4.79 Å². The number of rotatable bonds is 6. The van der Waals surface area contributed by atoms with Crippen LogP contribution in [0.3, 0.4) is 0 Å². The molecular weight excluding hydrogens is 364 g/mol. The van der Waals surface area contributed by atoms with Crippen LogP contribution in [-0.4, -0.2) is 60.5 Å². The number of benzene rings is 2. The molecule has 4 rings (SSSR count). The Morgan fingerprint density at radius 2 is 1.86 bits per heavy atom. The van der Waals surface area contributed by atoms with Crippen LogP contribution in [0.15, 0.2) is 60.8 Å². The molecule has 1 aliphatic heterocycles. The molecule has 0 spiro atoms. The topological polar surface area (TPSA) is 57.7 Å². The van der Waals surface area contributed by atoms with Gasteiger partial charge in [-0.3, -0.25) is 19.6 Å². The van der Waals surface area contributed by atoms with Crippen molar-refractivity contribution < 1.29 is 9.53 Å². The lowest BCUT2D eigenvalue weighted by molar-refractivity contribution is -0.117. The van der Waals surface area contributed by atoms with Gasteiger partial charge in [0.05, 0.1) is 19.2 Å². The second-order valence-electron chi connectivity index (χ2n) is 7.36. The second-order valence-corrected chi connectivity index (χ2v) is 7.36. The van der Waals surface area contributed by atoms with Crippen molar-refractivity contribution >= 4 is 22.5 Å². The minimum absolute atomic E-state index is 0.00809.